The minimum absolute atomic E-state index is 0.526. The summed E-state index contributed by atoms with van der Waals surface area (Å²) in [7, 11) is 0. The first-order chi connectivity index (χ1) is 9.74. The first-order valence-corrected chi connectivity index (χ1v) is 7.31. The second-order valence-electron chi connectivity index (χ2n) is 4.57. The number of hydrogen-bond acceptors (Lipinski definition) is 5. The summed E-state index contributed by atoms with van der Waals surface area (Å²) in [5, 5.41) is 0.946. The molecule has 0 unspecified atom stereocenters. The third-order valence-corrected chi connectivity index (χ3v) is 3.87. The minimum atomic E-state index is 0.526. The van der Waals surface area contributed by atoms with Crippen LogP contribution in [0.15, 0.2) is 40.3 Å². The molecule has 0 saturated heterocycles. The van der Waals surface area contributed by atoms with Gasteiger partial charge >= 0.3 is 0 Å². The highest BCUT2D eigenvalue weighted by molar-refractivity contribution is 7.99. The fourth-order valence-corrected chi connectivity index (χ4v) is 3.03. The standard InChI is InChI=1S/C15H16N2O2S/c1-10-6-11(9-16)7-15(17-10)20-12-2-3-13-14(8-12)19-5-4-18-13/h2-3,6-8H,4-5,9,16H2,1H3. The van der Waals surface area contributed by atoms with Crippen LogP contribution in [0.5, 0.6) is 11.5 Å². The Hall–Kier alpha value is -1.72. The molecule has 0 spiro atoms. The predicted octanol–water partition coefficient (Wildman–Crippen LogP) is 2.77. The maximum absolute atomic E-state index is 5.70. The average molecular weight is 288 g/mol. The molecule has 2 aromatic rings. The smallest absolute Gasteiger partial charge is 0.162 e. The van der Waals surface area contributed by atoms with E-state index in [-0.39, 0.29) is 0 Å². The van der Waals surface area contributed by atoms with E-state index in [2.05, 4.69) is 4.98 Å². The summed E-state index contributed by atoms with van der Waals surface area (Å²) in [5.41, 5.74) is 7.77. The Morgan fingerprint density at radius 2 is 1.95 bits per heavy atom. The fourth-order valence-electron chi connectivity index (χ4n) is 2.08. The number of rotatable bonds is 3. The van der Waals surface area contributed by atoms with Gasteiger partial charge in [-0.05, 0) is 42.8 Å². The number of nitrogens with two attached hydrogens (primary N) is 1. The van der Waals surface area contributed by atoms with Crippen molar-refractivity contribution < 1.29 is 9.47 Å². The van der Waals surface area contributed by atoms with Gasteiger partial charge in [0.05, 0.1) is 0 Å². The number of fused-ring (bicyclic) bond motifs is 1. The lowest BCUT2D eigenvalue weighted by molar-refractivity contribution is 0.171. The number of benzene rings is 1. The largest absolute Gasteiger partial charge is 0.486 e. The SMILES string of the molecule is Cc1cc(CN)cc(Sc2ccc3c(c2)OCCO3)n1. The van der Waals surface area contributed by atoms with Crippen molar-refractivity contribution in [1.29, 1.82) is 0 Å². The zero-order chi connectivity index (χ0) is 13.9. The molecule has 0 aliphatic carbocycles. The van der Waals surface area contributed by atoms with Crippen LogP contribution in [0, 0.1) is 6.92 Å². The van der Waals surface area contributed by atoms with Crippen molar-refractivity contribution in [3.8, 4) is 11.5 Å². The first kappa shape index (κ1) is 13.3. The Morgan fingerprint density at radius 1 is 1.15 bits per heavy atom. The van der Waals surface area contributed by atoms with Crippen molar-refractivity contribution in [1.82, 2.24) is 4.98 Å². The zero-order valence-electron chi connectivity index (χ0n) is 11.3. The van der Waals surface area contributed by atoms with Gasteiger partial charge in [0.25, 0.3) is 0 Å². The highest BCUT2D eigenvalue weighted by atomic mass is 32.2. The number of nitrogens with zero attached hydrogens (tertiary/aromatic N) is 1. The molecule has 1 aromatic heterocycles. The van der Waals surface area contributed by atoms with Crippen LogP contribution >= 0.6 is 11.8 Å². The Labute approximate surface area is 122 Å². The molecule has 2 heterocycles. The van der Waals surface area contributed by atoms with Crippen molar-refractivity contribution in [2.45, 2.75) is 23.4 Å². The molecule has 0 atom stereocenters. The van der Waals surface area contributed by atoms with E-state index in [1.165, 1.54) is 0 Å². The number of hydrogen-bond donors (Lipinski definition) is 1. The molecule has 1 aliphatic heterocycles. The molecule has 1 aromatic carbocycles. The molecule has 1 aliphatic rings. The van der Waals surface area contributed by atoms with Crippen molar-refractivity contribution in [3.05, 3.63) is 41.6 Å². The van der Waals surface area contributed by atoms with Gasteiger partial charge in [-0.15, -0.1) is 0 Å². The van der Waals surface area contributed by atoms with E-state index < -0.39 is 0 Å². The summed E-state index contributed by atoms with van der Waals surface area (Å²) in [6.07, 6.45) is 0. The Morgan fingerprint density at radius 3 is 2.75 bits per heavy atom. The van der Waals surface area contributed by atoms with E-state index in [4.69, 9.17) is 15.2 Å². The Kier molecular flexibility index (Phi) is 3.80. The minimum Gasteiger partial charge on any atom is -0.486 e. The zero-order valence-corrected chi connectivity index (χ0v) is 12.1. The highest BCUT2D eigenvalue weighted by Crippen LogP contribution is 2.36. The lowest BCUT2D eigenvalue weighted by Crippen LogP contribution is -2.15. The van der Waals surface area contributed by atoms with Gasteiger partial charge in [0.1, 0.15) is 18.2 Å². The van der Waals surface area contributed by atoms with Crippen molar-refractivity contribution >= 4 is 11.8 Å². The van der Waals surface area contributed by atoms with Gasteiger partial charge in [-0.25, -0.2) is 4.98 Å². The molecule has 104 valence electrons. The number of ether oxygens (including phenoxy) is 2. The van der Waals surface area contributed by atoms with E-state index in [0.717, 1.165) is 32.7 Å². The monoisotopic (exact) mass is 288 g/mol. The quantitative estimate of drug-likeness (QED) is 0.941. The second-order valence-corrected chi connectivity index (χ2v) is 5.66. The Bertz CT molecular complexity index is 631. The molecular formula is C15H16N2O2S. The summed E-state index contributed by atoms with van der Waals surface area (Å²) < 4.78 is 11.1. The molecule has 0 bridgehead atoms. The van der Waals surface area contributed by atoms with E-state index in [1.54, 1.807) is 11.8 Å². The van der Waals surface area contributed by atoms with Gasteiger partial charge in [0.2, 0.25) is 0 Å². The summed E-state index contributed by atoms with van der Waals surface area (Å²) in [6.45, 7) is 3.71. The number of aryl methyl sites for hydroxylation is 1. The van der Waals surface area contributed by atoms with Gasteiger partial charge in [0.15, 0.2) is 11.5 Å². The topological polar surface area (TPSA) is 57.4 Å². The van der Waals surface area contributed by atoms with Gasteiger partial charge in [-0.2, -0.15) is 0 Å². The van der Waals surface area contributed by atoms with Crippen LogP contribution in [0.4, 0.5) is 0 Å². The lowest BCUT2D eigenvalue weighted by atomic mass is 10.2. The molecule has 4 nitrogen and oxygen atoms in total. The summed E-state index contributed by atoms with van der Waals surface area (Å²) in [4.78, 5) is 5.60. The van der Waals surface area contributed by atoms with Crippen LogP contribution in [0.1, 0.15) is 11.3 Å². The normalized spacial score (nSPS) is 13.3. The van der Waals surface area contributed by atoms with E-state index in [9.17, 15) is 0 Å². The fraction of sp³-hybridized carbons (Fsp3) is 0.267. The maximum atomic E-state index is 5.70. The average Bonchev–Trinajstić information content (AvgIpc) is 2.46. The molecule has 0 amide bonds. The van der Waals surface area contributed by atoms with Crippen molar-refractivity contribution in [3.63, 3.8) is 0 Å². The molecule has 0 radical (unpaired) electrons. The van der Waals surface area contributed by atoms with Crippen LogP contribution < -0.4 is 15.2 Å². The predicted molar refractivity (Wildman–Crippen MR) is 78.4 cm³/mol. The molecule has 2 N–H and O–H groups in total. The van der Waals surface area contributed by atoms with Gasteiger partial charge in [-0.3, -0.25) is 0 Å². The second kappa shape index (κ2) is 5.73. The van der Waals surface area contributed by atoms with E-state index in [0.29, 0.717) is 19.8 Å². The van der Waals surface area contributed by atoms with Crippen LogP contribution in [0.2, 0.25) is 0 Å². The third kappa shape index (κ3) is 2.89. The van der Waals surface area contributed by atoms with Gasteiger partial charge in [0, 0.05) is 17.1 Å². The van der Waals surface area contributed by atoms with E-state index >= 15 is 0 Å². The highest BCUT2D eigenvalue weighted by Gasteiger charge is 2.12. The number of pyridine rings is 1. The lowest BCUT2D eigenvalue weighted by Gasteiger charge is -2.18. The molecular weight excluding hydrogens is 272 g/mol. The molecule has 0 saturated carbocycles. The van der Waals surface area contributed by atoms with Crippen LogP contribution in [0.25, 0.3) is 0 Å². The van der Waals surface area contributed by atoms with Crippen LogP contribution in [-0.2, 0) is 6.54 Å². The molecule has 3 rings (SSSR count). The Balaban J connectivity index is 1.85. The van der Waals surface area contributed by atoms with Gasteiger partial charge in [-0.1, -0.05) is 11.8 Å². The molecule has 5 heteroatoms. The first-order valence-electron chi connectivity index (χ1n) is 6.50. The van der Waals surface area contributed by atoms with Gasteiger partial charge < -0.3 is 15.2 Å². The molecule has 20 heavy (non-hydrogen) atoms. The summed E-state index contributed by atoms with van der Waals surface area (Å²) >= 11 is 1.60. The third-order valence-electron chi connectivity index (χ3n) is 2.96. The van der Waals surface area contributed by atoms with Crippen molar-refractivity contribution in [2.24, 2.45) is 5.73 Å². The maximum Gasteiger partial charge on any atom is 0.162 e. The summed E-state index contributed by atoms with van der Waals surface area (Å²) in [6, 6.07) is 9.98. The number of aromatic nitrogens is 1. The van der Waals surface area contributed by atoms with E-state index in [1.807, 2.05) is 37.3 Å². The molecule has 0 fully saturated rings. The van der Waals surface area contributed by atoms with Crippen LogP contribution in [0.3, 0.4) is 0 Å². The van der Waals surface area contributed by atoms with Crippen LogP contribution in [-0.4, -0.2) is 18.2 Å². The van der Waals surface area contributed by atoms with Crippen molar-refractivity contribution in [2.75, 3.05) is 13.2 Å². The summed E-state index contributed by atoms with van der Waals surface area (Å²) in [5.74, 6) is 1.61.